The van der Waals surface area contributed by atoms with Crippen LogP contribution in [-0.2, 0) is 6.42 Å². The smallest absolute Gasteiger partial charge is 0.259 e. The van der Waals surface area contributed by atoms with Gasteiger partial charge in [0.25, 0.3) is 5.91 Å². The van der Waals surface area contributed by atoms with E-state index < -0.39 is 0 Å². The van der Waals surface area contributed by atoms with E-state index in [1.807, 2.05) is 35.2 Å². The van der Waals surface area contributed by atoms with Crippen LogP contribution in [0.5, 0.6) is 0 Å². The normalized spacial score (nSPS) is 16.9. The van der Waals surface area contributed by atoms with E-state index in [0.717, 1.165) is 63.6 Å². The van der Waals surface area contributed by atoms with Crippen molar-refractivity contribution in [3.05, 3.63) is 53.7 Å². The Hall–Kier alpha value is -2.84. The fourth-order valence-electron chi connectivity index (χ4n) is 3.83. The molecule has 1 amide bonds. The molecule has 0 N–H and O–H groups in total. The second-order valence-corrected chi connectivity index (χ2v) is 7.02. The Balaban J connectivity index is 1.40. The van der Waals surface area contributed by atoms with Crippen LogP contribution >= 0.6 is 0 Å². The maximum Gasteiger partial charge on any atom is 0.259 e. The SMILES string of the molecule is C#CCCN1CCN(c2ccc(C(=O)N3CCc4ccccc43)cn2)CC1. The highest BCUT2D eigenvalue weighted by molar-refractivity contribution is 6.07. The summed E-state index contributed by atoms with van der Waals surface area (Å²) in [5, 5.41) is 0. The van der Waals surface area contributed by atoms with Crippen LogP contribution in [0.4, 0.5) is 11.5 Å². The van der Waals surface area contributed by atoms with Crippen LogP contribution in [0, 0.1) is 12.3 Å². The molecular formula is C22H24N4O. The number of fused-ring (bicyclic) bond motifs is 1. The van der Waals surface area contributed by atoms with Crippen LogP contribution in [0.2, 0.25) is 0 Å². The molecule has 0 radical (unpaired) electrons. The highest BCUT2D eigenvalue weighted by atomic mass is 16.2. The van der Waals surface area contributed by atoms with Crippen molar-refractivity contribution < 1.29 is 4.79 Å². The van der Waals surface area contributed by atoms with Crippen molar-refractivity contribution in [2.24, 2.45) is 0 Å². The number of aromatic nitrogens is 1. The third-order valence-electron chi connectivity index (χ3n) is 5.40. The molecule has 2 aromatic rings. The summed E-state index contributed by atoms with van der Waals surface area (Å²) in [5.74, 6) is 3.66. The number of carbonyl (C=O) groups is 1. The fourth-order valence-corrected chi connectivity index (χ4v) is 3.83. The van der Waals surface area contributed by atoms with E-state index in [4.69, 9.17) is 6.42 Å². The minimum absolute atomic E-state index is 0.0260. The van der Waals surface area contributed by atoms with Crippen LogP contribution in [-0.4, -0.2) is 55.1 Å². The summed E-state index contributed by atoms with van der Waals surface area (Å²) in [4.78, 5) is 24.0. The largest absolute Gasteiger partial charge is 0.354 e. The van der Waals surface area contributed by atoms with Crippen LogP contribution < -0.4 is 9.80 Å². The maximum absolute atomic E-state index is 12.9. The van der Waals surface area contributed by atoms with Gasteiger partial charge >= 0.3 is 0 Å². The molecule has 0 saturated carbocycles. The molecule has 0 spiro atoms. The van der Waals surface area contributed by atoms with Gasteiger partial charge in [-0.2, -0.15) is 0 Å². The number of rotatable bonds is 4. The first kappa shape index (κ1) is 17.6. The van der Waals surface area contributed by atoms with E-state index >= 15 is 0 Å². The van der Waals surface area contributed by atoms with Crippen molar-refractivity contribution in [2.75, 3.05) is 49.1 Å². The molecule has 5 heteroatoms. The van der Waals surface area contributed by atoms with E-state index in [9.17, 15) is 4.79 Å². The molecule has 1 saturated heterocycles. The predicted octanol–water partition coefficient (Wildman–Crippen LogP) is 2.43. The second-order valence-electron chi connectivity index (χ2n) is 7.02. The zero-order valence-corrected chi connectivity index (χ0v) is 15.5. The maximum atomic E-state index is 12.9. The Morgan fingerprint density at radius 3 is 2.63 bits per heavy atom. The number of amides is 1. The van der Waals surface area contributed by atoms with Gasteiger partial charge in [0.2, 0.25) is 0 Å². The van der Waals surface area contributed by atoms with E-state index in [1.165, 1.54) is 5.56 Å². The average Bonchev–Trinajstić information content (AvgIpc) is 3.16. The monoisotopic (exact) mass is 360 g/mol. The number of piperazine rings is 1. The number of pyridine rings is 1. The molecular weight excluding hydrogens is 336 g/mol. The van der Waals surface area contributed by atoms with Gasteiger partial charge in [-0.3, -0.25) is 9.69 Å². The van der Waals surface area contributed by atoms with Crippen molar-refractivity contribution in [3.8, 4) is 12.3 Å². The summed E-state index contributed by atoms with van der Waals surface area (Å²) in [5.41, 5.74) is 2.90. The molecule has 0 unspecified atom stereocenters. The number of para-hydroxylation sites is 1. The molecule has 2 aliphatic heterocycles. The molecule has 27 heavy (non-hydrogen) atoms. The first-order valence-electron chi connectivity index (χ1n) is 9.53. The van der Waals surface area contributed by atoms with Crippen molar-refractivity contribution in [2.45, 2.75) is 12.8 Å². The molecule has 1 fully saturated rings. The predicted molar refractivity (Wildman–Crippen MR) is 108 cm³/mol. The van der Waals surface area contributed by atoms with Gasteiger partial charge in [-0.15, -0.1) is 12.3 Å². The summed E-state index contributed by atoms with van der Waals surface area (Å²) < 4.78 is 0. The first-order chi connectivity index (χ1) is 13.3. The lowest BCUT2D eigenvalue weighted by Gasteiger charge is -2.35. The highest BCUT2D eigenvalue weighted by Gasteiger charge is 2.25. The van der Waals surface area contributed by atoms with E-state index in [1.54, 1.807) is 6.20 Å². The van der Waals surface area contributed by atoms with Crippen LogP contribution in [0.1, 0.15) is 22.3 Å². The van der Waals surface area contributed by atoms with E-state index in [0.29, 0.717) is 5.56 Å². The molecule has 1 aromatic heterocycles. The molecule has 138 valence electrons. The fraction of sp³-hybridized carbons (Fsp3) is 0.364. The molecule has 3 heterocycles. The second kappa shape index (κ2) is 7.81. The minimum Gasteiger partial charge on any atom is -0.354 e. The molecule has 0 atom stereocenters. The Labute approximate surface area is 160 Å². The topological polar surface area (TPSA) is 39.7 Å². The van der Waals surface area contributed by atoms with Crippen molar-refractivity contribution in [3.63, 3.8) is 0 Å². The van der Waals surface area contributed by atoms with Gasteiger partial charge in [0.05, 0.1) is 5.56 Å². The standard InChI is InChI=1S/C22H24N4O/c1-2-3-11-24-13-15-25(16-14-24)21-9-8-19(17-23-21)22(27)26-12-10-18-6-4-5-7-20(18)26/h1,4-9,17H,3,10-16H2. The van der Waals surface area contributed by atoms with E-state index in [-0.39, 0.29) is 5.91 Å². The number of anilines is 2. The van der Waals surface area contributed by atoms with Gasteiger partial charge in [0.15, 0.2) is 0 Å². The highest BCUT2D eigenvalue weighted by Crippen LogP contribution is 2.29. The van der Waals surface area contributed by atoms with Gasteiger partial charge < -0.3 is 9.80 Å². The summed E-state index contributed by atoms with van der Waals surface area (Å²) in [7, 11) is 0. The third kappa shape index (κ3) is 3.67. The minimum atomic E-state index is 0.0260. The van der Waals surface area contributed by atoms with E-state index in [2.05, 4.69) is 26.8 Å². The van der Waals surface area contributed by atoms with Crippen molar-refractivity contribution in [1.82, 2.24) is 9.88 Å². The van der Waals surface area contributed by atoms with Gasteiger partial charge in [-0.05, 0) is 30.2 Å². The molecule has 1 aromatic carbocycles. The summed E-state index contributed by atoms with van der Waals surface area (Å²) in [6.07, 6.45) is 8.77. The van der Waals surface area contributed by atoms with Crippen LogP contribution in [0.3, 0.4) is 0 Å². The molecule has 2 aliphatic rings. The average molecular weight is 360 g/mol. The zero-order chi connectivity index (χ0) is 18.6. The third-order valence-corrected chi connectivity index (χ3v) is 5.40. The lowest BCUT2D eigenvalue weighted by Crippen LogP contribution is -2.46. The first-order valence-corrected chi connectivity index (χ1v) is 9.53. The Morgan fingerprint density at radius 2 is 1.89 bits per heavy atom. The quantitative estimate of drug-likeness (QED) is 0.785. The number of nitrogens with zero attached hydrogens (tertiary/aromatic N) is 4. The Kier molecular flexibility index (Phi) is 5.08. The molecule has 0 aliphatic carbocycles. The molecule has 4 rings (SSSR count). The lowest BCUT2D eigenvalue weighted by atomic mass is 10.2. The van der Waals surface area contributed by atoms with Gasteiger partial charge in [-0.1, -0.05) is 18.2 Å². The Bertz CT molecular complexity index is 847. The molecule has 5 nitrogen and oxygen atoms in total. The number of terminal acetylenes is 1. The number of hydrogen-bond donors (Lipinski definition) is 0. The summed E-state index contributed by atoms with van der Waals surface area (Å²) >= 11 is 0. The number of carbonyl (C=O) groups excluding carboxylic acids is 1. The van der Waals surface area contributed by atoms with Gasteiger partial charge in [0, 0.05) is 57.6 Å². The molecule has 0 bridgehead atoms. The summed E-state index contributed by atoms with van der Waals surface area (Å²) in [6, 6.07) is 12.0. The lowest BCUT2D eigenvalue weighted by molar-refractivity contribution is 0.0989. The van der Waals surface area contributed by atoms with Crippen LogP contribution in [0.25, 0.3) is 0 Å². The van der Waals surface area contributed by atoms with Crippen LogP contribution in [0.15, 0.2) is 42.6 Å². The summed E-state index contributed by atoms with van der Waals surface area (Å²) in [6.45, 7) is 5.56. The number of benzene rings is 1. The number of hydrogen-bond acceptors (Lipinski definition) is 4. The van der Waals surface area contributed by atoms with Crippen molar-refractivity contribution >= 4 is 17.4 Å². The Morgan fingerprint density at radius 1 is 1.07 bits per heavy atom. The van der Waals surface area contributed by atoms with Gasteiger partial charge in [0.1, 0.15) is 5.82 Å². The van der Waals surface area contributed by atoms with Gasteiger partial charge in [-0.25, -0.2) is 4.98 Å². The van der Waals surface area contributed by atoms with Crippen molar-refractivity contribution in [1.29, 1.82) is 0 Å². The zero-order valence-electron chi connectivity index (χ0n) is 15.5.